The summed E-state index contributed by atoms with van der Waals surface area (Å²) in [6, 6.07) is 7.68. The second kappa shape index (κ2) is 8.63. The van der Waals surface area contributed by atoms with Crippen molar-refractivity contribution < 1.29 is 22.4 Å². The number of rotatable bonds is 8. The first-order chi connectivity index (χ1) is 12.3. The van der Waals surface area contributed by atoms with E-state index in [4.69, 9.17) is 4.42 Å². The van der Waals surface area contributed by atoms with Crippen LogP contribution in [0.1, 0.15) is 28.4 Å². The van der Waals surface area contributed by atoms with Crippen molar-refractivity contribution in [1.29, 1.82) is 0 Å². The molecule has 140 valence electrons. The lowest BCUT2D eigenvalue weighted by Crippen LogP contribution is -2.44. The first kappa shape index (κ1) is 19.7. The molecule has 0 aliphatic carbocycles. The van der Waals surface area contributed by atoms with Gasteiger partial charge in [0, 0.05) is 6.54 Å². The van der Waals surface area contributed by atoms with Gasteiger partial charge >= 0.3 is 0 Å². The largest absolute Gasteiger partial charge is 0.472 e. The Morgan fingerprint density at radius 1 is 1.12 bits per heavy atom. The van der Waals surface area contributed by atoms with Crippen molar-refractivity contribution in [3.8, 4) is 0 Å². The summed E-state index contributed by atoms with van der Waals surface area (Å²) < 4.78 is 30.1. The van der Waals surface area contributed by atoms with Gasteiger partial charge in [0.05, 0.1) is 17.6 Å². The van der Waals surface area contributed by atoms with Crippen LogP contribution >= 0.6 is 0 Å². The number of furan rings is 1. The van der Waals surface area contributed by atoms with Gasteiger partial charge in [-0.1, -0.05) is 24.3 Å². The first-order valence-electron chi connectivity index (χ1n) is 7.90. The molecule has 2 amide bonds. The predicted octanol–water partition coefficient (Wildman–Crippen LogP) is 0.764. The number of hydrogen-bond acceptors (Lipinski definition) is 5. The molecule has 0 saturated heterocycles. The molecule has 0 saturated carbocycles. The maximum atomic E-state index is 12.1. The van der Waals surface area contributed by atoms with Crippen LogP contribution in [0.15, 0.2) is 47.3 Å². The lowest BCUT2D eigenvalue weighted by molar-refractivity contribution is -0.122. The molecule has 1 aromatic carbocycles. The van der Waals surface area contributed by atoms with Crippen LogP contribution in [-0.4, -0.2) is 33.3 Å². The lowest BCUT2D eigenvalue weighted by Gasteiger charge is -2.14. The van der Waals surface area contributed by atoms with E-state index in [1.165, 1.54) is 25.6 Å². The smallest absolute Gasteiger partial charge is 0.255 e. The molecule has 1 aromatic heterocycles. The molecule has 2 aromatic rings. The van der Waals surface area contributed by atoms with Crippen molar-refractivity contribution in [1.82, 2.24) is 15.4 Å². The standard InChI is InChI=1S/C17H21N3O5S/c1-12(20-17(22)15-7-8-25-10-15)16(21)19-9-13-3-5-14(6-4-13)11-26(23,24)18-2/h3-8,10,12,18H,9,11H2,1-2H3,(H,19,21)(H,20,22). The highest BCUT2D eigenvalue weighted by molar-refractivity contribution is 7.88. The molecule has 3 N–H and O–H groups in total. The SMILES string of the molecule is CNS(=O)(=O)Cc1ccc(CNC(=O)C(C)NC(=O)c2ccoc2)cc1. The Morgan fingerprint density at radius 3 is 2.35 bits per heavy atom. The summed E-state index contributed by atoms with van der Waals surface area (Å²) in [5.74, 6) is -0.826. The normalized spacial score (nSPS) is 12.4. The number of amides is 2. The zero-order chi connectivity index (χ0) is 19.2. The van der Waals surface area contributed by atoms with E-state index < -0.39 is 22.0 Å². The number of hydrogen-bond donors (Lipinski definition) is 3. The maximum absolute atomic E-state index is 12.1. The number of benzene rings is 1. The van der Waals surface area contributed by atoms with Crippen molar-refractivity contribution >= 4 is 21.8 Å². The number of carbonyl (C=O) groups excluding carboxylic acids is 2. The summed E-state index contributed by atoms with van der Waals surface area (Å²) in [4.78, 5) is 23.9. The topological polar surface area (TPSA) is 118 Å². The fourth-order valence-electron chi connectivity index (χ4n) is 2.13. The van der Waals surface area contributed by atoms with Crippen LogP contribution in [0.5, 0.6) is 0 Å². The van der Waals surface area contributed by atoms with E-state index in [-0.39, 0.29) is 18.2 Å². The molecule has 0 spiro atoms. The van der Waals surface area contributed by atoms with Gasteiger partial charge in [-0.2, -0.15) is 0 Å². The average molecular weight is 379 g/mol. The van der Waals surface area contributed by atoms with E-state index in [0.717, 1.165) is 5.56 Å². The van der Waals surface area contributed by atoms with Crippen LogP contribution in [-0.2, 0) is 27.1 Å². The number of carbonyl (C=O) groups is 2. The van der Waals surface area contributed by atoms with E-state index >= 15 is 0 Å². The van der Waals surface area contributed by atoms with Crippen LogP contribution in [0, 0.1) is 0 Å². The van der Waals surface area contributed by atoms with Crippen molar-refractivity contribution in [3.63, 3.8) is 0 Å². The highest BCUT2D eigenvalue weighted by atomic mass is 32.2. The highest BCUT2D eigenvalue weighted by Gasteiger charge is 2.17. The van der Waals surface area contributed by atoms with Crippen LogP contribution < -0.4 is 15.4 Å². The molecule has 0 fully saturated rings. The molecule has 9 heteroatoms. The Balaban J connectivity index is 1.84. The minimum atomic E-state index is -3.32. The second-order valence-electron chi connectivity index (χ2n) is 5.70. The molecule has 0 aliphatic heterocycles. The quantitative estimate of drug-likeness (QED) is 0.626. The van der Waals surface area contributed by atoms with Gasteiger partial charge < -0.3 is 15.1 Å². The maximum Gasteiger partial charge on any atom is 0.255 e. The summed E-state index contributed by atoms with van der Waals surface area (Å²) in [6.45, 7) is 1.85. The lowest BCUT2D eigenvalue weighted by atomic mass is 10.1. The molecule has 1 unspecified atom stereocenters. The van der Waals surface area contributed by atoms with Gasteiger partial charge in [0.1, 0.15) is 12.3 Å². The van der Waals surface area contributed by atoms with Crippen molar-refractivity contribution in [2.75, 3.05) is 7.05 Å². The molecular formula is C17H21N3O5S. The van der Waals surface area contributed by atoms with E-state index in [0.29, 0.717) is 11.1 Å². The third kappa shape index (κ3) is 5.71. The predicted molar refractivity (Wildman–Crippen MR) is 95.6 cm³/mol. The van der Waals surface area contributed by atoms with Gasteiger partial charge in [-0.15, -0.1) is 0 Å². The Kier molecular flexibility index (Phi) is 6.53. The molecule has 0 radical (unpaired) electrons. The Bertz CT molecular complexity index is 845. The molecular weight excluding hydrogens is 358 g/mol. The molecule has 1 atom stereocenters. The summed E-state index contributed by atoms with van der Waals surface area (Å²) in [5.41, 5.74) is 1.81. The molecule has 2 rings (SSSR count). The number of sulfonamides is 1. The van der Waals surface area contributed by atoms with Gasteiger partial charge in [0.2, 0.25) is 15.9 Å². The summed E-state index contributed by atoms with van der Waals surface area (Å²) in [7, 11) is -1.95. The highest BCUT2D eigenvalue weighted by Crippen LogP contribution is 2.08. The molecule has 8 nitrogen and oxygen atoms in total. The van der Waals surface area contributed by atoms with Gasteiger partial charge in [0.15, 0.2) is 0 Å². The van der Waals surface area contributed by atoms with Gasteiger partial charge in [-0.05, 0) is 31.2 Å². The third-order valence-corrected chi connectivity index (χ3v) is 5.02. The van der Waals surface area contributed by atoms with E-state index in [2.05, 4.69) is 15.4 Å². The summed E-state index contributed by atoms with van der Waals surface area (Å²) in [5, 5.41) is 5.30. The van der Waals surface area contributed by atoms with Crippen LogP contribution in [0.25, 0.3) is 0 Å². The molecule has 1 heterocycles. The Morgan fingerprint density at radius 2 is 1.77 bits per heavy atom. The zero-order valence-electron chi connectivity index (χ0n) is 14.5. The van der Waals surface area contributed by atoms with Crippen molar-refractivity contribution in [3.05, 3.63) is 59.5 Å². The third-order valence-electron chi connectivity index (χ3n) is 3.68. The summed E-state index contributed by atoms with van der Waals surface area (Å²) >= 11 is 0. The molecule has 0 aliphatic rings. The minimum absolute atomic E-state index is 0.104. The van der Waals surface area contributed by atoms with E-state index in [1.54, 1.807) is 31.2 Å². The van der Waals surface area contributed by atoms with Crippen LogP contribution in [0.4, 0.5) is 0 Å². The van der Waals surface area contributed by atoms with E-state index in [1.807, 2.05) is 0 Å². The van der Waals surface area contributed by atoms with Crippen molar-refractivity contribution in [2.24, 2.45) is 0 Å². The van der Waals surface area contributed by atoms with Gasteiger partial charge in [-0.25, -0.2) is 13.1 Å². The van der Waals surface area contributed by atoms with Gasteiger partial charge in [0.25, 0.3) is 5.91 Å². The fraction of sp³-hybridized carbons (Fsp3) is 0.294. The van der Waals surface area contributed by atoms with Crippen LogP contribution in [0.3, 0.4) is 0 Å². The molecule has 0 bridgehead atoms. The van der Waals surface area contributed by atoms with Crippen molar-refractivity contribution in [2.45, 2.75) is 25.3 Å². The minimum Gasteiger partial charge on any atom is -0.472 e. The average Bonchev–Trinajstić information content (AvgIpc) is 3.15. The summed E-state index contributed by atoms with van der Waals surface area (Å²) in [6.07, 6.45) is 2.68. The fourth-order valence-corrected chi connectivity index (χ4v) is 2.90. The Labute approximate surface area is 152 Å². The van der Waals surface area contributed by atoms with E-state index in [9.17, 15) is 18.0 Å². The van der Waals surface area contributed by atoms with Crippen LogP contribution in [0.2, 0.25) is 0 Å². The number of nitrogens with one attached hydrogen (secondary N) is 3. The second-order valence-corrected chi connectivity index (χ2v) is 7.63. The zero-order valence-corrected chi connectivity index (χ0v) is 15.3. The first-order valence-corrected chi connectivity index (χ1v) is 9.56. The van der Waals surface area contributed by atoms with Gasteiger partial charge in [-0.3, -0.25) is 9.59 Å². The molecule has 26 heavy (non-hydrogen) atoms. The monoisotopic (exact) mass is 379 g/mol. The Hall–Kier alpha value is -2.65.